The molecule has 0 radical (unpaired) electrons. The van der Waals surface area contributed by atoms with E-state index in [4.69, 9.17) is 11.6 Å². The highest BCUT2D eigenvalue weighted by atomic mass is 35.5. The van der Waals surface area contributed by atoms with Crippen molar-refractivity contribution in [2.45, 2.75) is 13.5 Å². The molecule has 3 rings (SSSR count). The molecule has 0 aliphatic rings. The van der Waals surface area contributed by atoms with Crippen LogP contribution in [0.2, 0.25) is 5.02 Å². The maximum absolute atomic E-state index is 12.5. The first-order valence-corrected chi connectivity index (χ1v) is 7.45. The lowest BCUT2D eigenvalue weighted by molar-refractivity contribution is 0.0948. The van der Waals surface area contributed by atoms with Gasteiger partial charge in [-0.1, -0.05) is 35.9 Å². The summed E-state index contributed by atoms with van der Waals surface area (Å²) in [6.45, 7) is 1.90. The van der Waals surface area contributed by atoms with Crippen molar-refractivity contribution in [3.63, 3.8) is 0 Å². The molecule has 3 aromatic rings. The monoisotopic (exact) mass is 327 g/mol. The van der Waals surface area contributed by atoms with Crippen LogP contribution in [0.5, 0.6) is 0 Å². The summed E-state index contributed by atoms with van der Waals surface area (Å²) < 4.78 is 1.36. The first kappa shape index (κ1) is 15.2. The molecule has 1 aromatic carbocycles. The topological polar surface area (TPSA) is 63.5 Å². The van der Waals surface area contributed by atoms with Crippen LogP contribution < -0.4 is 10.9 Å². The third kappa shape index (κ3) is 2.96. The Kier molecular flexibility index (Phi) is 4.12. The second kappa shape index (κ2) is 6.22. The summed E-state index contributed by atoms with van der Waals surface area (Å²) >= 11 is 6.06. The Morgan fingerprint density at radius 1 is 1.22 bits per heavy atom. The summed E-state index contributed by atoms with van der Waals surface area (Å²) in [6.07, 6.45) is 1.59. The maximum Gasteiger partial charge on any atom is 0.270 e. The fourth-order valence-electron chi connectivity index (χ4n) is 2.37. The number of nitrogens with one attached hydrogen (secondary N) is 1. The Labute approximate surface area is 137 Å². The molecule has 116 valence electrons. The molecule has 23 heavy (non-hydrogen) atoms. The summed E-state index contributed by atoms with van der Waals surface area (Å²) in [5.74, 6) is -0.460. The molecule has 0 fully saturated rings. The Hall–Kier alpha value is -2.66. The van der Waals surface area contributed by atoms with Crippen molar-refractivity contribution < 1.29 is 4.79 Å². The molecule has 0 aliphatic carbocycles. The lowest BCUT2D eigenvalue weighted by atomic mass is 10.2. The van der Waals surface area contributed by atoms with E-state index in [0.717, 1.165) is 5.56 Å². The van der Waals surface area contributed by atoms with Crippen LogP contribution in [0.3, 0.4) is 0 Å². The number of benzene rings is 1. The maximum atomic E-state index is 12.5. The normalized spacial score (nSPS) is 10.7. The Bertz CT molecular complexity index is 950. The summed E-state index contributed by atoms with van der Waals surface area (Å²) in [5.41, 5.74) is 1.36. The number of fused-ring (bicyclic) bond motifs is 1. The van der Waals surface area contributed by atoms with Gasteiger partial charge in [0.1, 0.15) is 11.2 Å². The standard InChI is InChI=1S/C17H14ClN3O2/c1-11-15(17(23)21-9-5-4-8-14(21)20-11)16(22)19-10-12-6-2-3-7-13(12)18/h2-9H,10H2,1H3,(H,19,22). The number of amides is 1. The first-order chi connectivity index (χ1) is 11.1. The molecule has 0 saturated heterocycles. The zero-order valence-corrected chi connectivity index (χ0v) is 13.2. The second-order valence-corrected chi connectivity index (χ2v) is 5.49. The number of aromatic nitrogens is 2. The molecule has 0 bridgehead atoms. The van der Waals surface area contributed by atoms with E-state index in [-0.39, 0.29) is 17.7 Å². The molecule has 5 nitrogen and oxygen atoms in total. The Morgan fingerprint density at radius 2 is 1.96 bits per heavy atom. The average Bonchev–Trinajstić information content (AvgIpc) is 2.54. The van der Waals surface area contributed by atoms with Crippen LogP contribution in [0.4, 0.5) is 0 Å². The molecule has 0 saturated carbocycles. The van der Waals surface area contributed by atoms with Crippen molar-refractivity contribution in [3.05, 3.63) is 80.9 Å². The number of hydrogen-bond acceptors (Lipinski definition) is 3. The van der Waals surface area contributed by atoms with Crippen molar-refractivity contribution in [1.29, 1.82) is 0 Å². The summed E-state index contributed by atoms with van der Waals surface area (Å²) in [4.78, 5) is 29.2. The van der Waals surface area contributed by atoms with Crippen molar-refractivity contribution in [1.82, 2.24) is 14.7 Å². The van der Waals surface area contributed by atoms with Gasteiger partial charge < -0.3 is 5.32 Å². The molecule has 2 aromatic heterocycles. The summed E-state index contributed by atoms with van der Waals surface area (Å²) in [5, 5.41) is 3.29. The fourth-order valence-corrected chi connectivity index (χ4v) is 2.57. The highest BCUT2D eigenvalue weighted by molar-refractivity contribution is 6.31. The minimum Gasteiger partial charge on any atom is -0.348 e. The minimum atomic E-state index is -0.460. The number of carbonyl (C=O) groups excluding carboxylic acids is 1. The van der Waals surface area contributed by atoms with Gasteiger partial charge in [0.15, 0.2) is 0 Å². The zero-order chi connectivity index (χ0) is 16.4. The van der Waals surface area contributed by atoms with E-state index in [1.807, 2.05) is 18.2 Å². The van der Waals surface area contributed by atoms with E-state index in [1.54, 1.807) is 37.4 Å². The SMILES string of the molecule is Cc1nc2ccccn2c(=O)c1C(=O)NCc1ccccc1Cl. The van der Waals surface area contributed by atoms with Crippen molar-refractivity contribution in [2.24, 2.45) is 0 Å². The van der Waals surface area contributed by atoms with Crippen LogP contribution in [0, 0.1) is 6.92 Å². The second-order valence-electron chi connectivity index (χ2n) is 5.08. The molecule has 6 heteroatoms. The van der Waals surface area contributed by atoms with Crippen LogP contribution in [0.1, 0.15) is 21.6 Å². The van der Waals surface area contributed by atoms with Crippen molar-refractivity contribution in [3.8, 4) is 0 Å². The van der Waals surface area contributed by atoms with Gasteiger partial charge >= 0.3 is 0 Å². The van der Waals surface area contributed by atoms with E-state index >= 15 is 0 Å². The predicted octanol–water partition coefficient (Wildman–Crippen LogP) is 2.59. The lowest BCUT2D eigenvalue weighted by Crippen LogP contribution is -2.32. The van der Waals surface area contributed by atoms with Gasteiger partial charge in [-0.3, -0.25) is 14.0 Å². The van der Waals surface area contributed by atoms with Gasteiger partial charge in [-0.15, -0.1) is 0 Å². The van der Waals surface area contributed by atoms with Crippen LogP contribution in [-0.2, 0) is 6.54 Å². The van der Waals surface area contributed by atoms with Crippen molar-refractivity contribution in [2.75, 3.05) is 0 Å². The number of pyridine rings is 1. The van der Waals surface area contributed by atoms with Gasteiger partial charge in [-0.05, 0) is 30.7 Å². The Balaban J connectivity index is 1.92. The van der Waals surface area contributed by atoms with E-state index in [2.05, 4.69) is 10.3 Å². The van der Waals surface area contributed by atoms with Gasteiger partial charge in [0.2, 0.25) is 0 Å². The number of rotatable bonds is 3. The molecule has 1 N–H and O–H groups in total. The van der Waals surface area contributed by atoms with E-state index in [9.17, 15) is 9.59 Å². The van der Waals surface area contributed by atoms with Gasteiger partial charge in [-0.25, -0.2) is 4.98 Å². The highest BCUT2D eigenvalue weighted by Gasteiger charge is 2.17. The van der Waals surface area contributed by atoms with Gasteiger partial charge in [-0.2, -0.15) is 0 Å². The minimum absolute atomic E-state index is 0.0424. The number of aryl methyl sites for hydroxylation is 1. The van der Waals surface area contributed by atoms with Crippen molar-refractivity contribution >= 4 is 23.2 Å². The molecule has 2 heterocycles. The quantitative estimate of drug-likeness (QED) is 0.804. The zero-order valence-electron chi connectivity index (χ0n) is 12.4. The van der Waals surface area contributed by atoms with Gasteiger partial charge in [0, 0.05) is 17.8 Å². The summed E-state index contributed by atoms with van der Waals surface area (Å²) in [6, 6.07) is 12.5. The molecule has 0 aliphatic heterocycles. The molecule has 0 atom stereocenters. The van der Waals surface area contributed by atoms with Gasteiger partial charge in [0.05, 0.1) is 5.69 Å². The smallest absolute Gasteiger partial charge is 0.270 e. The third-order valence-electron chi connectivity index (χ3n) is 3.54. The van der Waals surface area contributed by atoms with E-state index < -0.39 is 5.91 Å². The lowest BCUT2D eigenvalue weighted by Gasteiger charge is -2.09. The Morgan fingerprint density at radius 3 is 2.74 bits per heavy atom. The molecule has 1 amide bonds. The van der Waals surface area contributed by atoms with E-state index in [1.165, 1.54) is 4.40 Å². The molecular formula is C17H14ClN3O2. The van der Waals surface area contributed by atoms with Crippen LogP contribution in [-0.4, -0.2) is 15.3 Å². The van der Waals surface area contributed by atoms with Crippen LogP contribution >= 0.6 is 11.6 Å². The number of hydrogen-bond donors (Lipinski definition) is 1. The van der Waals surface area contributed by atoms with Crippen LogP contribution in [0.15, 0.2) is 53.5 Å². The third-order valence-corrected chi connectivity index (χ3v) is 3.91. The molecule has 0 spiro atoms. The van der Waals surface area contributed by atoms with Crippen LogP contribution in [0.25, 0.3) is 5.65 Å². The summed E-state index contributed by atoms with van der Waals surface area (Å²) in [7, 11) is 0. The fraction of sp³-hybridized carbons (Fsp3) is 0.118. The largest absolute Gasteiger partial charge is 0.348 e. The number of nitrogens with zero attached hydrogens (tertiary/aromatic N) is 2. The number of carbonyl (C=O) groups is 1. The molecular weight excluding hydrogens is 314 g/mol. The van der Waals surface area contributed by atoms with E-state index in [0.29, 0.717) is 16.4 Å². The average molecular weight is 328 g/mol. The van der Waals surface area contributed by atoms with Gasteiger partial charge in [0.25, 0.3) is 11.5 Å². The predicted molar refractivity (Wildman–Crippen MR) is 88.8 cm³/mol. The number of halogens is 1. The first-order valence-electron chi connectivity index (χ1n) is 7.07. The highest BCUT2D eigenvalue weighted by Crippen LogP contribution is 2.14. The molecule has 0 unspecified atom stereocenters.